The topological polar surface area (TPSA) is 62.7 Å². The Kier molecular flexibility index (Phi) is 6.50. The zero-order valence-corrected chi connectivity index (χ0v) is 18.4. The van der Waals surface area contributed by atoms with Gasteiger partial charge in [-0.1, -0.05) is 60.7 Å². The Morgan fingerprint density at radius 1 is 1.03 bits per heavy atom. The first-order valence-electron chi connectivity index (χ1n) is 10.8. The first-order chi connectivity index (χ1) is 15.6. The molecule has 1 saturated heterocycles. The molecule has 2 aromatic carbocycles. The largest absolute Gasteiger partial charge is 0.467 e. The molecule has 0 aliphatic carbocycles. The Morgan fingerprint density at radius 2 is 1.72 bits per heavy atom. The van der Waals surface area contributed by atoms with E-state index in [0.717, 1.165) is 23.2 Å². The highest BCUT2D eigenvalue weighted by atomic mass is 16.5. The van der Waals surface area contributed by atoms with E-state index in [9.17, 15) is 9.59 Å². The number of carbonyl (C=O) groups excluding carboxylic acids is 2. The summed E-state index contributed by atoms with van der Waals surface area (Å²) in [5.74, 6) is 0.0274. The minimum absolute atomic E-state index is 0.195. The Labute approximate surface area is 188 Å². The fraction of sp³-hybridized carbons (Fsp3) is 0.269. The molecule has 0 bridgehead atoms. The molecule has 1 fully saturated rings. The quantitative estimate of drug-likeness (QED) is 0.551. The lowest BCUT2D eigenvalue weighted by Crippen LogP contribution is -2.41. The van der Waals surface area contributed by atoms with Crippen LogP contribution in [0.5, 0.6) is 0 Å². The molecular formula is C26H27N3O3. The molecule has 0 saturated carbocycles. The smallest absolute Gasteiger partial charge is 0.328 e. The third-order valence-electron chi connectivity index (χ3n) is 5.79. The molecule has 1 amide bonds. The Bertz CT molecular complexity index is 1090. The minimum Gasteiger partial charge on any atom is -0.467 e. The van der Waals surface area contributed by atoms with Crippen molar-refractivity contribution in [3.63, 3.8) is 0 Å². The van der Waals surface area contributed by atoms with E-state index in [1.165, 1.54) is 7.11 Å². The summed E-state index contributed by atoms with van der Waals surface area (Å²) in [6.07, 6.45) is 1.39. The standard InChI is InChI=1S/C26H27N3O3/c1-28(18-19-10-5-3-6-11-19)24-21(15-16-22(27-24)20-12-7-4-8-13-20)25(30)29-17-9-14-23(29)26(31)32-2/h3-8,10-13,15-16,23H,9,14,17-18H2,1-2H3/t23-/m0/s1. The lowest BCUT2D eigenvalue weighted by atomic mass is 10.1. The number of pyridine rings is 1. The lowest BCUT2D eigenvalue weighted by molar-refractivity contribution is -0.145. The van der Waals surface area contributed by atoms with Crippen molar-refractivity contribution in [1.29, 1.82) is 0 Å². The number of hydrogen-bond acceptors (Lipinski definition) is 5. The maximum absolute atomic E-state index is 13.6. The van der Waals surface area contributed by atoms with Crippen LogP contribution in [-0.4, -0.2) is 48.5 Å². The van der Waals surface area contributed by atoms with E-state index in [2.05, 4.69) is 0 Å². The Morgan fingerprint density at radius 3 is 2.41 bits per heavy atom. The number of carbonyl (C=O) groups is 2. The molecule has 0 unspecified atom stereocenters. The summed E-state index contributed by atoms with van der Waals surface area (Å²) in [7, 11) is 3.29. The van der Waals surface area contributed by atoms with Gasteiger partial charge in [-0.3, -0.25) is 4.79 Å². The number of esters is 1. The van der Waals surface area contributed by atoms with Gasteiger partial charge in [0.15, 0.2) is 0 Å². The summed E-state index contributed by atoms with van der Waals surface area (Å²) < 4.78 is 4.93. The van der Waals surface area contributed by atoms with Crippen molar-refractivity contribution >= 4 is 17.7 Å². The van der Waals surface area contributed by atoms with Gasteiger partial charge in [-0.05, 0) is 30.5 Å². The monoisotopic (exact) mass is 429 g/mol. The number of anilines is 1. The van der Waals surface area contributed by atoms with E-state index in [0.29, 0.717) is 30.9 Å². The van der Waals surface area contributed by atoms with Crippen molar-refractivity contribution in [2.24, 2.45) is 0 Å². The van der Waals surface area contributed by atoms with E-state index in [4.69, 9.17) is 9.72 Å². The number of ether oxygens (including phenoxy) is 1. The van der Waals surface area contributed by atoms with Crippen LogP contribution in [0, 0.1) is 0 Å². The number of aromatic nitrogens is 1. The Balaban J connectivity index is 1.72. The van der Waals surface area contributed by atoms with Crippen LogP contribution in [0.25, 0.3) is 11.3 Å². The zero-order valence-electron chi connectivity index (χ0n) is 18.4. The number of nitrogens with zero attached hydrogens (tertiary/aromatic N) is 3. The predicted octanol–water partition coefficient (Wildman–Crippen LogP) is 4.16. The highest BCUT2D eigenvalue weighted by molar-refractivity contribution is 6.01. The fourth-order valence-electron chi connectivity index (χ4n) is 4.15. The van der Waals surface area contributed by atoms with Crippen LogP contribution in [0.15, 0.2) is 72.8 Å². The van der Waals surface area contributed by atoms with Crippen molar-refractivity contribution in [2.75, 3.05) is 25.6 Å². The van der Waals surface area contributed by atoms with Gasteiger partial charge in [0.2, 0.25) is 0 Å². The van der Waals surface area contributed by atoms with Crippen molar-refractivity contribution in [3.05, 3.63) is 83.9 Å². The highest BCUT2D eigenvalue weighted by Crippen LogP contribution is 2.29. The van der Waals surface area contributed by atoms with Crippen LogP contribution >= 0.6 is 0 Å². The van der Waals surface area contributed by atoms with Crippen LogP contribution in [0.4, 0.5) is 5.82 Å². The first kappa shape index (κ1) is 21.6. The van der Waals surface area contributed by atoms with Gasteiger partial charge in [-0.25, -0.2) is 9.78 Å². The maximum atomic E-state index is 13.6. The van der Waals surface area contributed by atoms with Gasteiger partial charge in [-0.15, -0.1) is 0 Å². The van der Waals surface area contributed by atoms with Crippen molar-refractivity contribution in [2.45, 2.75) is 25.4 Å². The molecule has 3 aromatic rings. The van der Waals surface area contributed by atoms with E-state index in [-0.39, 0.29) is 11.9 Å². The van der Waals surface area contributed by atoms with E-state index >= 15 is 0 Å². The molecule has 6 nitrogen and oxygen atoms in total. The molecule has 0 N–H and O–H groups in total. The molecule has 164 valence electrons. The molecule has 0 spiro atoms. The molecule has 32 heavy (non-hydrogen) atoms. The van der Waals surface area contributed by atoms with Gasteiger partial charge >= 0.3 is 5.97 Å². The number of benzene rings is 2. The summed E-state index contributed by atoms with van der Waals surface area (Å²) in [5, 5.41) is 0. The van der Waals surface area contributed by atoms with E-state index in [1.54, 1.807) is 4.90 Å². The molecule has 6 heteroatoms. The summed E-state index contributed by atoms with van der Waals surface area (Å²) in [4.78, 5) is 34.3. The van der Waals surface area contributed by atoms with Crippen LogP contribution in [-0.2, 0) is 16.1 Å². The van der Waals surface area contributed by atoms with E-state index in [1.807, 2.05) is 84.7 Å². The van der Waals surface area contributed by atoms with E-state index < -0.39 is 6.04 Å². The zero-order chi connectivity index (χ0) is 22.5. The number of rotatable bonds is 6. The average molecular weight is 430 g/mol. The second-order valence-electron chi connectivity index (χ2n) is 7.96. The second-order valence-corrected chi connectivity index (χ2v) is 7.96. The van der Waals surface area contributed by atoms with Gasteiger partial charge in [0.25, 0.3) is 5.91 Å². The maximum Gasteiger partial charge on any atom is 0.328 e. The SMILES string of the molecule is COC(=O)[C@@H]1CCCN1C(=O)c1ccc(-c2ccccc2)nc1N(C)Cc1ccccc1. The van der Waals surface area contributed by atoms with Gasteiger partial charge in [0, 0.05) is 25.7 Å². The van der Waals surface area contributed by atoms with Gasteiger partial charge < -0.3 is 14.5 Å². The first-order valence-corrected chi connectivity index (χ1v) is 10.8. The molecular weight excluding hydrogens is 402 g/mol. The molecule has 1 aliphatic heterocycles. The summed E-state index contributed by atoms with van der Waals surface area (Å²) >= 11 is 0. The normalized spacial score (nSPS) is 15.4. The predicted molar refractivity (Wildman–Crippen MR) is 124 cm³/mol. The number of methoxy groups -OCH3 is 1. The van der Waals surface area contributed by atoms with Crippen LogP contribution in [0.3, 0.4) is 0 Å². The summed E-state index contributed by atoms with van der Waals surface area (Å²) in [6, 6.07) is 23.1. The van der Waals surface area contributed by atoms with Crippen LogP contribution < -0.4 is 4.90 Å². The molecule has 0 radical (unpaired) electrons. The van der Waals surface area contributed by atoms with Crippen molar-refractivity contribution in [3.8, 4) is 11.3 Å². The summed E-state index contributed by atoms with van der Waals surface area (Å²) in [6.45, 7) is 1.13. The molecule has 2 heterocycles. The van der Waals surface area contributed by atoms with Gasteiger partial charge in [-0.2, -0.15) is 0 Å². The summed E-state index contributed by atoms with van der Waals surface area (Å²) in [5.41, 5.74) is 3.38. The van der Waals surface area contributed by atoms with Crippen LogP contribution in [0.1, 0.15) is 28.8 Å². The molecule has 1 atom stereocenters. The highest BCUT2D eigenvalue weighted by Gasteiger charge is 2.36. The number of amides is 1. The molecule has 4 rings (SSSR count). The lowest BCUT2D eigenvalue weighted by Gasteiger charge is -2.26. The number of likely N-dealkylation sites (tertiary alicyclic amines) is 1. The minimum atomic E-state index is -0.548. The van der Waals surface area contributed by atoms with Crippen molar-refractivity contribution in [1.82, 2.24) is 9.88 Å². The Hall–Kier alpha value is -3.67. The second kappa shape index (κ2) is 9.64. The van der Waals surface area contributed by atoms with Crippen LogP contribution in [0.2, 0.25) is 0 Å². The average Bonchev–Trinajstić information content (AvgIpc) is 3.34. The molecule has 1 aromatic heterocycles. The van der Waals surface area contributed by atoms with Gasteiger partial charge in [0.05, 0.1) is 18.4 Å². The number of hydrogen-bond donors (Lipinski definition) is 0. The van der Waals surface area contributed by atoms with Crippen molar-refractivity contribution < 1.29 is 14.3 Å². The molecule has 1 aliphatic rings. The third-order valence-corrected chi connectivity index (χ3v) is 5.79. The van der Waals surface area contributed by atoms with Gasteiger partial charge in [0.1, 0.15) is 11.9 Å². The third kappa shape index (κ3) is 4.49. The fourth-order valence-corrected chi connectivity index (χ4v) is 4.15.